The number of amides is 1. The predicted octanol–water partition coefficient (Wildman–Crippen LogP) is 3.51. The summed E-state index contributed by atoms with van der Waals surface area (Å²) in [5.74, 6) is 0. The van der Waals surface area contributed by atoms with Gasteiger partial charge in [-0.05, 0) is 48.9 Å². The van der Waals surface area contributed by atoms with Crippen molar-refractivity contribution in [1.29, 1.82) is 0 Å². The van der Waals surface area contributed by atoms with Gasteiger partial charge in [-0.2, -0.15) is 0 Å². The first-order valence-corrected chi connectivity index (χ1v) is 9.48. The van der Waals surface area contributed by atoms with E-state index >= 15 is 0 Å². The van der Waals surface area contributed by atoms with Gasteiger partial charge in [-0.15, -0.1) is 0 Å². The maximum Gasteiger partial charge on any atom is 0.414 e. The van der Waals surface area contributed by atoms with E-state index in [4.69, 9.17) is 4.74 Å². The van der Waals surface area contributed by atoms with Gasteiger partial charge in [-0.25, -0.2) is 13.2 Å². The van der Waals surface area contributed by atoms with Crippen LogP contribution in [0.1, 0.15) is 5.56 Å². The molecular formula is C16H15BrN2O4S. The number of hydrogen-bond donors (Lipinski definition) is 1. The lowest BCUT2D eigenvalue weighted by atomic mass is 10.2. The van der Waals surface area contributed by atoms with Crippen molar-refractivity contribution in [3.63, 3.8) is 0 Å². The second-order valence-corrected chi connectivity index (χ2v) is 7.87. The van der Waals surface area contributed by atoms with Crippen LogP contribution in [-0.4, -0.2) is 27.7 Å². The standard InChI is InChI=1S/C16H15BrN2O4S/c1-11-2-3-12(10-15(11)17)18-24(21,22)14-6-4-13(5-7-14)19-8-9-23-16(19)20/h2-7,10,18H,8-9H2,1H3. The molecule has 2 aromatic carbocycles. The Balaban J connectivity index is 1.81. The van der Waals surface area contributed by atoms with Crippen molar-refractivity contribution in [1.82, 2.24) is 0 Å². The summed E-state index contributed by atoms with van der Waals surface area (Å²) in [4.78, 5) is 13.1. The lowest BCUT2D eigenvalue weighted by molar-refractivity contribution is 0.181. The number of hydrogen-bond acceptors (Lipinski definition) is 4. The molecule has 1 aliphatic rings. The lowest BCUT2D eigenvalue weighted by Gasteiger charge is -2.14. The number of nitrogens with one attached hydrogen (secondary N) is 1. The van der Waals surface area contributed by atoms with Crippen molar-refractivity contribution in [3.8, 4) is 0 Å². The molecule has 6 nitrogen and oxygen atoms in total. The van der Waals surface area contributed by atoms with Crippen LogP contribution < -0.4 is 9.62 Å². The van der Waals surface area contributed by atoms with E-state index in [2.05, 4.69) is 20.7 Å². The number of ether oxygens (including phenoxy) is 1. The van der Waals surface area contributed by atoms with Gasteiger partial charge in [0.25, 0.3) is 10.0 Å². The molecule has 0 bridgehead atoms. The van der Waals surface area contributed by atoms with Crippen LogP contribution in [0.15, 0.2) is 51.8 Å². The molecule has 1 fully saturated rings. The van der Waals surface area contributed by atoms with E-state index < -0.39 is 16.1 Å². The second kappa shape index (κ2) is 6.45. The highest BCUT2D eigenvalue weighted by Crippen LogP contribution is 2.25. The molecule has 3 rings (SSSR count). The Morgan fingerprint density at radius 3 is 2.46 bits per heavy atom. The Morgan fingerprint density at radius 2 is 1.88 bits per heavy atom. The molecule has 0 unspecified atom stereocenters. The first-order chi connectivity index (χ1) is 11.4. The number of carbonyl (C=O) groups is 1. The quantitative estimate of drug-likeness (QED) is 0.836. The molecule has 0 aliphatic carbocycles. The van der Waals surface area contributed by atoms with Crippen LogP contribution >= 0.6 is 15.9 Å². The summed E-state index contributed by atoms with van der Waals surface area (Å²) < 4.78 is 33.2. The van der Waals surface area contributed by atoms with Crippen LogP contribution in [0.3, 0.4) is 0 Å². The highest BCUT2D eigenvalue weighted by Gasteiger charge is 2.24. The minimum absolute atomic E-state index is 0.121. The van der Waals surface area contributed by atoms with E-state index in [1.165, 1.54) is 17.0 Å². The summed E-state index contributed by atoms with van der Waals surface area (Å²) in [6.45, 7) is 2.72. The van der Waals surface area contributed by atoms with Crippen LogP contribution in [-0.2, 0) is 14.8 Å². The Hall–Kier alpha value is -2.06. The second-order valence-electron chi connectivity index (χ2n) is 5.33. The molecule has 24 heavy (non-hydrogen) atoms. The van der Waals surface area contributed by atoms with Crippen molar-refractivity contribution >= 4 is 43.4 Å². The van der Waals surface area contributed by atoms with Gasteiger partial charge >= 0.3 is 6.09 Å². The summed E-state index contributed by atoms with van der Waals surface area (Å²) in [5, 5.41) is 0. The molecule has 1 saturated heterocycles. The highest BCUT2D eigenvalue weighted by atomic mass is 79.9. The third kappa shape index (κ3) is 3.39. The monoisotopic (exact) mass is 410 g/mol. The van der Waals surface area contributed by atoms with Gasteiger partial charge in [-0.3, -0.25) is 9.62 Å². The number of halogens is 1. The Kier molecular flexibility index (Phi) is 4.51. The van der Waals surface area contributed by atoms with Gasteiger partial charge in [-0.1, -0.05) is 22.0 Å². The SMILES string of the molecule is Cc1ccc(NS(=O)(=O)c2ccc(N3CCOC3=O)cc2)cc1Br. The molecule has 1 amide bonds. The van der Waals surface area contributed by atoms with E-state index in [9.17, 15) is 13.2 Å². The van der Waals surface area contributed by atoms with Crippen LogP contribution in [0, 0.1) is 6.92 Å². The van der Waals surface area contributed by atoms with Crippen molar-refractivity contribution in [3.05, 3.63) is 52.5 Å². The minimum Gasteiger partial charge on any atom is -0.447 e. The molecule has 1 heterocycles. The average Bonchev–Trinajstić information content (AvgIpc) is 2.97. The summed E-state index contributed by atoms with van der Waals surface area (Å²) in [5.41, 5.74) is 2.09. The number of sulfonamides is 1. The fourth-order valence-corrected chi connectivity index (χ4v) is 3.73. The molecular weight excluding hydrogens is 396 g/mol. The molecule has 1 N–H and O–H groups in total. The summed E-state index contributed by atoms with van der Waals surface area (Å²) in [6.07, 6.45) is -0.423. The zero-order valence-corrected chi connectivity index (χ0v) is 15.2. The van der Waals surface area contributed by atoms with E-state index in [0.29, 0.717) is 24.5 Å². The largest absolute Gasteiger partial charge is 0.447 e. The summed E-state index contributed by atoms with van der Waals surface area (Å²) in [6, 6.07) is 11.3. The van der Waals surface area contributed by atoms with Crippen molar-refractivity contribution < 1.29 is 17.9 Å². The Morgan fingerprint density at radius 1 is 1.17 bits per heavy atom. The van der Waals surface area contributed by atoms with Gasteiger partial charge in [0.15, 0.2) is 0 Å². The van der Waals surface area contributed by atoms with Gasteiger partial charge in [0.2, 0.25) is 0 Å². The van der Waals surface area contributed by atoms with Crippen LogP contribution in [0.5, 0.6) is 0 Å². The number of nitrogens with zero attached hydrogens (tertiary/aromatic N) is 1. The number of cyclic esters (lactones) is 1. The van der Waals surface area contributed by atoms with E-state index in [-0.39, 0.29) is 4.90 Å². The van der Waals surface area contributed by atoms with E-state index in [0.717, 1.165) is 10.0 Å². The molecule has 0 atom stereocenters. The van der Waals surface area contributed by atoms with Crippen LogP contribution in [0.4, 0.5) is 16.2 Å². The molecule has 2 aromatic rings. The fourth-order valence-electron chi connectivity index (χ4n) is 2.30. The highest BCUT2D eigenvalue weighted by molar-refractivity contribution is 9.10. The van der Waals surface area contributed by atoms with Crippen LogP contribution in [0.2, 0.25) is 0 Å². The van der Waals surface area contributed by atoms with Gasteiger partial charge in [0, 0.05) is 15.8 Å². The maximum absolute atomic E-state index is 12.5. The average molecular weight is 411 g/mol. The van der Waals surface area contributed by atoms with Crippen molar-refractivity contribution in [2.24, 2.45) is 0 Å². The summed E-state index contributed by atoms with van der Waals surface area (Å²) in [7, 11) is -3.70. The maximum atomic E-state index is 12.5. The molecule has 8 heteroatoms. The van der Waals surface area contributed by atoms with Crippen LogP contribution in [0.25, 0.3) is 0 Å². The number of rotatable bonds is 4. The Bertz CT molecular complexity index is 881. The third-order valence-electron chi connectivity index (χ3n) is 3.64. The molecule has 126 valence electrons. The number of aryl methyl sites for hydroxylation is 1. The Labute approximate surface area is 148 Å². The van der Waals surface area contributed by atoms with Crippen molar-refractivity contribution in [2.75, 3.05) is 22.8 Å². The van der Waals surface area contributed by atoms with Gasteiger partial charge in [0.05, 0.1) is 11.4 Å². The molecule has 0 saturated carbocycles. The zero-order chi connectivity index (χ0) is 17.3. The molecule has 0 spiro atoms. The molecule has 1 aliphatic heterocycles. The summed E-state index contributed by atoms with van der Waals surface area (Å²) >= 11 is 3.38. The zero-order valence-electron chi connectivity index (χ0n) is 12.8. The fraction of sp³-hybridized carbons (Fsp3) is 0.188. The van der Waals surface area contributed by atoms with E-state index in [1.54, 1.807) is 24.3 Å². The smallest absolute Gasteiger partial charge is 0.414 e. The number of anilines is 2. The van der Waals surface area contributed by atoms with Gasteiger partial charge < -0.3 is 4.74 Å². The van der Waals surface area contributed by atoms with Gasteiger partial charge in [0.1, 0.15) is 6.61 Å². The topological polar surface area (TPSA) is 75.7 Å². The number of carbonyl (C=O) groups excluding carboxylic acids is 1. The third-order valence-corrected chi connectivity index (χ3v) is 5.90. The lowest BCUT2D eigenvalue weighted by Crippen LogP contribution is -2.23. The first kappa shape index (κ1) is 16.8. The molecule has 0 radical (unpaired) electrons. The predicted molar refractivity (Wildman–Crippen MR) is 94.8 cm³/mol. The minimum atomic E-state index is -3.70. The first-order valence-electron chi connectivity index (χ1n) is 7.20. The molecule has 0 aromatic heterocycles. The normalized spacial score (nSPS) is 14.6. The van der Waals surface area contributed by atoms with E-state index in [1.807, 2.05) is 13.0 Å². The number of benzene rings is 2. The van der Waals surface area contributed by atoms with Crippen molar-refractivity contribution in [2.45, 2.75) is 11.8 Å².